The summed E-state index contributed by atoms with van der Waals surface area (Å²) < 4.78 is 5.63. The van der Waals surface area contributed by atoms with E-state index in [0.717, 1.165) is 16.8 Å². The van der Waals surface area contributed by atoms with Crippen LogP contribution in [0.15, 0.2) is 48.6 Å². The average Bonchev–Trinajstić information content (AvgIpc) is 3.32. The van der Waals surface area contributed by atoms with Gasteiger partial charge in [-0.15, -0.1) is 0 Å². The van der Waals surface area contributed by atoms with E-state index in [2.05, 4.69) is 0 Å². The van der Waals surface area contributed by atoms with Gasteiger partial charge in [0.1, 0.15) is 5.75 Å². The highest BCUT2D eigenvalue weighted by atomic mass is 16.5. The molecule has 2 aromatic carbocycles. The van der Waals surface area contributed by atoms with Gasteiger partial charge in [-0.1, -0.05) is 36.8 Å². The van der Waals surface area contributed by atoms with Crippen molar-refractivity contribution >= 4 is 35.1 Å². The second kappa shape index (κ2) is 9.04. The summed E-state index contributed by atoms with van der Waals surface area (Å²) in [6, 6.07) is 10.8. The molecule has 2 fully saturated rings. The van der Waals surface area contributed by atoms with Crippen LogP contribution in [-0.4, -0.2) is 30.2 Å². The Hall–Kier alpha value is -3.74. The third-order valence-corrected chi connectivity index (χ3v) is 7.60. The van der Waals surface area contributed by atoms with Crippen LogP contribution in [0, 0.1) is 44.4 Å². The van der Waals surface area contributed by atoms with Crippen LogP contribution in [0.2, 0.25) is 0 Å². The number of imide groups is 1. The lowest BCUT2D eigenvalue weighted by atomic mass is 9.78. The molecule has 7 nitrogen and oxygen atoms in total. The maximum atomic E-state index is 13.1. The van der Waals surface area contributed by atoms with E-state index in [9.17, 15) is 19.2 Å². The summed E-state index contributed by atoms with van der Waals surface area (Å²) in [4.78, 5) is 54.7. The van der Waals surface area contributed by atoms with Crippen LogP contribution in [0.1, 0.15) is 36.5 Å². The van der Waals surface area contributed by atoms with E-state index in [1.54, 1.807) is 30.0 Å². The summed E-state index contributed by atoms with van der Waals surface area (Å²) in [5.41, 5.74) is 4.09. The summed E-state index contributed by atoms with van der Waals surface area (Å²) in [7, 11) is 0. The van der Waals surface area contributed by atoms with E-state index in [0.29, 0.717) is 23.4 Å². The Labute approximate surface area is 210 Å². The zero-order valence-electron chi connectivity index (χ0n) is 21.0. The number of aryl methyl sites for hydroxylation is 3. The van der Waals surface area contributed by atoms with Crippen molar-refractivity contribution in [2.45, 2.75) is 40.5 Å². The number of hydrogen-bond acceptors (Lipinski definition) is 5. The SMILES string of the molecule is Cc1ccc(N2C[C@H](C(=O)Oc3ccc(N4C(=O)[C@@H]5[C@H](C)C=CC[C@H]5C4=O)c(C)c3)CC2=O)c(C)c1. The van der Waals surface area contributed by atoms with E-state index in [1.807, 2.05) is 51.1 Å². The smallest absolute Gasteiger partial charge is 0.316 e. The fraction of sp³-hybridized carbons (Fsp3) is 0.379. The van der Waals surface area contributed by atoms with Crippen molar-refractivity contribution < 1.29 is 23.9 Å². The van der Waals surface area contributed by atoms with Gasteiger partial charge in [0, 0.05) is 18.7 Å². The lowest BCUT2D eigenvalue weighted by Gasteiger charge is -2.22. The Balaban J connectivity index is 1.29. The van der Waals surface area contributed by atoms with Crippen LogP contribution in [0.5, 0.6) is 5.75 Å². The lowest BCUT2D eigenvalue weighted by Crippen LogP contribution is -2.32. The average molecular weight is 487 g/mol. The van der Waals surface area contributed by atoms with Gasteiger partial charge in [0.25, 0.3) is 0 Å². The quantitative estimate of drug-likeness (QED) is 0.279. The predicted molar refractivity (Wildman–Crippen MR) is 136 cm³/mol. The number of hydrogen-bond donors (Lipinski definition) is 0. The van der Waals surface area contributed by atoms with E-state index in [-0.39, 0.29) is 48.4 Å². The molecule has 2 saturated heterocycles. The van der Waals surface area contributed by atoms with E-state index < -0.39 is 11.9 Å². The van der Waals surface area contributed by atoms with Gasteiger partial charge in [0.2, 0.25) is 17.7 Å². The number of ether oxygens (including phenoxy) is 1. The molecule has 2 aliphatic heterocycles. The maximum absolute atomic E-state index is 13.1. The number of fused-ring (bicyclic) bond motifs is 1. The standard InChI is InChI=1S/C29H30N2O5/c1-16-8-10-23(18(3)12-16)30-15-20(14-25(30)32)29(35)36-21-9-11-24(19(4)13-21)31-27(33)22-7-5-6-17(2)26(22)28(31)34/h5-6,8-13,17,20,22,26H,7,14-15H2,1-4H3/t17-,20-,22-,26-/m1/s1. The molecule has 2 aromatic rings. The zero-order chi connectivity index (χ0) is 25.7. The largest absolute Gasteiger partial charge is 0.426 e. The van der Waals surface area contributed by atoms with Gasteiger partial charge < -0.3 is 9.64 Å². The van der Waals surface area contributed by atoms with Crippen LogP contribution in [0.3, 0.4) is 0 Å². The molecule has 2 heterocycles. The molecule has 4 atom stereocenters. The highest BCUT2D eigenvalue weighted by Gasteiger charge is 2.50. The molecule has 0 unspecified atom stereocenters. The van der Waals surface area contributed by atoms with Crippen molar-refractivity contribution in [1.82, 2.24) is 0 Å². The van der Waals surface area contributed by atoms with Crippen molar-refractivity contribution in [2.24, 2.45) is 23.7 Å². The number of rotatable bonds is 4. The number of carbonyl (C=O) groups is 4. The number of nitrogens with zero attached hydrogens (tertiary/aromatic N) is 2. The zero-order valence-corrected chi connectivity index (χ0v) is 21.0. The van der Waals surface area contributed by atoms with Crippen molar-refractivity contribution in [3.63, 3.8) is 0 Å². The molecule has 0 radical (unpaired) electrons. The van der Waals surface area contributed by atoms with Gasteiger partial charge in [-0.05, 0) is 68.5 Å². The monoisotopic (exact) mass is 486 g/mol. The molecule has 186 valence electrons. The summed E-state index contributed by atoms with van der Waals surface area (Å²) in [5, 5.41) is 0. The van der Waals surface area contributed by atoms with Gasteiger partial charge >= 0.3 is 5.97 Å². The Morgan fingerprint density at radius 1 is 0.944 bits per heavy atom. The Kier molecular flexibility index (Phi) is 6.02. The van der Waals surface area contributed by atoms with Crippen LogP contribution in [0.4, 0.5) is 11.4 Å². The van der Waals surface area contributed by atoms with Crippen molar-refractivity contribution in [2.75, 3.05) is 16.3 Å². The molecule has 0 bridgehead atoms. The number of anilines is 2. The Bertz CT molecular complexity index is 1310. The Morgan fingerprint density at radius 2 is 1.67 bits per heavy atom. The Morgan fingerprint density at radius 3 is 2.36 bits per heavy atom. The topological polar surface area (TPSA) is 84.0 Å². The summed E-state index contributed by atoms with van der Waals surface area (Å²) in [6.45, 7) is 7.97. The first-order valence-corrected chi connectivity index (χ1v) is 12.4. The fourth-order valence-electron chi connectivity index (χ4n) is 5.73. The first-order chi connectivity index (χ1) is 17.2. The van der Waals surface area contributed by atoms with E-state index in [1.165, 1.54) is 4.90 Å². The molecule has 3 amide bonds. The van der Waals surface area contributed by atoms with E-state index in [4.69, 9.17) is 4.74 Å². The molecule has 3 aliphatic rings. The first kappa shape index (κ1) is 24.0. The highest BCUT2D eigenvalue weighted by Crippen LogP contribution is 2.41. The minimum absolute atomic E-state index is 0.0168. The third kappa shape index (κ3) is 4.02. The van der Waals surface area contributed by atoms with Gasteiger partial charge in [-0.3, -0.25) is 19.2 Å². The molecule has 0 aromatic heterocycles. The van der Waals surface area contributed by atoms with Gasteiger partial charge in [-0.2, -0.15) is 0 Å². The highest BCUT2D eigenvalue weighted by molar-refractivity contribution is 6.22. The number of amides is 3. The van der Waals surface area contributed by atoms with Crippen molar-refractivity contribution in [3.8, 4) is 5.75 Å². The molecule has 36 heavy (non-hydrogen) atoms. The van der Waals surface area contributed by atoms with Gasteiger partial charge in [0.15, 0.2) is 0 Å². The van der Waals surface area contributed by atoms with Crippen LogP contribution >= 0.6 is 0 Å². The summed E-state index contributed by atoms with van der Waals surface area (Å²) in [6.07, 6.45) is 4.64. The van der Waals surface area contributed by atoms with Crippen LogP contribution in [-0.2, 0) is 19.2 Å². The molecular formula is C29H30N2O5. The van der Waals surface area contributed by atoms with Crippen LogP contribution < -0.4 is 14.5 Å². The summed E-state index contributed by atoms with van der Waals surface area (Å²) >= 11 is 0. The van der Waals surface area contributed by atoms with Crippen molar-refractivity contribution in [3.05, 3.63) is 65.2 Å². The second-order valence-corrected chi connectivity index (χ2v) is 10.2. The van der Waals surface area contributed by atoms with Gasteiger partial charge in [0.05, 0.1) is 23.4 Å². The second-order valence-electron chi connectivity index (χ2n) is 10.2. The lowest BCUT2D eigenvalue weighted by molar-refractivity contribution is -0.139. The fourth-order valence-corrected chi connectivity index (χ4v) is 5.73. The van der Waals surface area contributed by atoms with Gasteiger partial charge in [-0.25, -0.2) is 4.90 Å². The van der Waals surface area contributed by atoms with Crippen molar-refractivity contribution in [1.29, 1.82) is 0 Å². The molecule has 7 heteroatoms. The number of carbonyl (C=O) groups excluding carboxylic acids is 4. The molecule has 1 aliphatic carbocycles. The van der Waals surface area contributed by atoms with E-state index >= 15 is 0 Å². The molecular weight excluding hydrogens is 456 g/mol. The molecule has 5 rings (SSSR count). The predicted octanol–water partition coefficient (Wildman–Crippen LogP) is 4.27. The first-order valence-electron chi connectivity index (χ1n) is 12.4. The number of benzene rings is 2. The summed E-state index contributed by atoms with van der Waals surface area (Å²) in [5.74, 6) is -1.82. The minimum Gasteiger partial charge on any atom is -0.426 e. The molecule has 0 saturated carbocycles. The third-order valence-electron chi connectivity index (χ3n) is 7.60. The molecule has 0 spiro atoms. The normalized spacial score (nSPS) is 25.5. The molecule has 0 N–H and O–H groups in total. The van der Waals surface area contributed by atoms with Crippen LogP contribution in [0.25, 0.3) is 0 Å². The number of esters is 1. The maximum Gasteiger partial charge on any atom is 0.316 e. The number of allylic oxidation sites excluding steroid dienone is 2. The minimum atomic E-state index is -0.572.